The summed E-state index contributed by atoms with van der Waals surface area (Å²) >= 11 is 0. The van der Waals surface area contributed by atoms with Crippen LogP contribution >= 0.6 is 0 Å². The van der Waals surface area contributed by atoms with Crippen LogP contribution in [-0.4, -0.2) is 56.2 Å². The fraction of sp³-hybridized carbons (Fsp3) is 0.450. The summed E-state index contributed by atoms with van der Waals surface area (Å²) in [6, 6.07) is 5.50. The lowest BCUT2D eigenvalue weighted by atomic mass is 9.96. The average Bonchev–Trinajstić information content (AvgIpc) is 2.72. The van der Waals surface area contributed by atoms with Crippen LogP contribution in [0.1, 0.15) is 12.8 Å². The number of carbonyl (C=O) groups excluding carboxylic acids is 1. The highest BCUT2D eigenvalue weighted by atomic mass is 19.4. The van der Waals surface area contributed by atoms with Crippen molar-refractivity contribution in [3.05, 3.63) is 30.6 Å². The highest BCUT2D eigenvalue weighted by molar-refractivity contribution is 5.68. The summed E-state index contributed by atoms with van der Waals surface area (Å²) in [6.45, 7) is 0.508. The van der Waals surface area contributed by atoms with E-state index in [4.69, 9.17) is 4.74 Å². The predicted octanol–water partition coefficient (Wildman–Crippen LogP) is 3.64. The molecule has 3 rings (SSSR count). The van der Waals surface area contributed by atoms with Gasteiger partial charge in [-0.1, -0.05) is 0 Å². The van der Waals surface area contributed by atoms with Crippen LogP contribution in [0.3, 0.4) is 0 Å². The second-order valence-electron chi connectivity index (χ2n) is 7.25. The molecule has 0 spiro atoms. The maximum atomic E-state index is 12.8. The van der Waals surface area contributed by atoms with E-state index >= 15 is 0 Å². The number of alkyl halides is 3. The van der Waals surface area contributed by atoms with Gasteiger partial charge in [0.2, 0.25) is 5.95 Å². The molecular weight excluding hydrogens is 399 g/mol. The summed E-state index contributed by atoms with van der Waals surface area (Å²) in [4.78, 5) is 22.9. The van der Waals surface area contributed by atoms with Gasteiger partial charge in [0, 0.05) is 38.9 Å². The molecule has 2 heterocycles. The minimum Gasteiger partial charge on any atom is -0.484 e. The molecule has 0 atom stereocenters. The van der Waals surface area contributed by atoms with Crippen LogP contribution in [-0.2, 0) is 4.79 Å². The van der Waals surface area contributed by atoms with Crippen LogP contribution in [0.5, 0.6) is 5.75 Å². The van der Waals surface area contributed by atoms with Crippen molar-refractivity contribution in [2.24, 2.45) is 5.92 Å². The number of ether oxygens (including phenoxy) is 1. The van der Waals surface area contributed by atoms with Gasteiger partial charge in [-0.25, -0.2) is 9.97 Å². The van der Waals surface area contributed by atoms with Gasteiger partial charge in [0.25, 0.3) is 0 Å². The number of benzene rings is 1. The van der Waals surface area contributed by atoms with Crippen LogP contribution in [0, 0.1) is 5.92 Å². The van der Waals surface area contributed by atoms with Crippen molar-refractivity contribution in [2.75, 3.05) is 48.9 Å². The van der Waals surface area contributed by atoms with Crippen molar-refractivity contribution in [3.8, 4) is 5.75 Å². The Hall–Kier alpha value is -3.04. The Balaban J connectivity index is 1.65. The van der Waals surface area contributed by atoms with Gasteiger partial charge in [0.1, 0.15) is 12.4 Å². The molecule has 1 aliphatic rings. The highest BCUT2D eigenvalue weighted by Gasteiger charge is 2.41. The van der Waals surface area contributed by atoms with Gasteiger partial charge in [-0.05, 0) is 25.0 Å². The summed E-state index contributed by atoms with van der Waals surface area (Å²) in [6.07, 6.45) is -0.182. The van der Waals surface area contributed by atoms with Crippen molar-refractivity contribution in [2.45, 2.75) is 19.0 Å². The zero-order chi connectivity index (χ0) is 21.7. The van der Waals surface area contributed by atoms with Crippen LogP contribution in [0.25, 0.3) is 0 Å². The molecule has 0 unspecified atom stereocenters. The lowest BCUT2D eigenvalue weighted by Gasteiger charge is -2.32. The quantitative estimate of drug-likeness (QED) is 0.682. The van der Waals surface area contributed by atoms with Crippen molar-refractivity contribution >= 4 is 29.3 Å². The molecule has 30 heavy (non-hydrogen) atoms. The number of hydrogen-bond acceptors (Lipinski definition) is 7. The van der Waals surface area contributed by atoms with Gasteiger partial charge in [-0.15, -0.1) is 0 Å². The molecule has 7 nitrogen and oxygen atoms in total. The topological polar surface area (TPSA) is 70.6 Å². The summed E-state index contributed by atoms with van der Waals surface area (Å²) in [5.41, 5.74) is 2.18. The van der Waals surface area contributed by atoms with E-state index in [-0.39, 0.29) is 32.5 Å². The van der Waals surface area contributed by atoms with Gasteiger partial charge in [-0.2, -0.15) is 13.2 Å². The Morgan fingerprint density at radius 3 is 2.43 bits per heavy atom. The molecule has 1 aromatic carbocycles. The van der Waals surface area contributed by atoms with E-state index in [1.165, 1.54) is 0 Å². The van der Waals surface area contributed by atoms with Crippen LogP contribution < -0.4 is 19.9 Å². The minimum atomic E-state index is -4.14. The van der Waals surface area contributed by atoms with Crippen molar-refractivity contribution in [1.82, 2.24) is 9.97 Å². The molecule has 162 valence electrons. The number of nitrogens with zero attached hydrogens (tertiary/aromatic N) is 4. The molecule has 1 fully saturated rings. The molecule has 1 aliphatic heterocycles. The Morgan fingerprint density at radius 1 is 1.20 bits per heavy atom. The number of anilines is 4. The van der Waals surface area contributed by atoms with Crippen molar-refractivity contribution in [3.63, 3.8) is 0 Å². The van der Waals surface area contributed by atoms with Crippen LogP contribution in [0.2, 0.25) is 0 Å². The number of carbonyl (C=O) groups is 1. The number of aldehydes is 1. The van der Waals surface area contributed by atoms with Gasteiger partial charge < -0.3 is 19.9 Å². The highest BCUT2D eigenvalue weighted by Crippen LogP contribution is 2.35. The molecule has 1 saturated heterocycles. The average molecular weight is 423 g/mol. The number of rotatable bonds is 7. The third kappa shape index (κ3) is 5.31. The number of piperidine rings is 1. The van der Waals surface area contributed by atoms with E-state index in [2.05, 4.69) is 15.3 Å². The Morgan fingerprint density at radius 2 is 1.87 bits per heavy atom. The molecule has 0 aliphatic carbocycles. The standard InChI is InChI=1S/C20H24F3N5O2/c1-27(2)17-4-3-15(11-18(17)30-10-9-29)26-16-12-24-19(25-13-16)28-7-5-14(6-8-28)20(21,22)23/h3-4,9,11-14,26H,5-8,10H2,1-2H3. The normalized spacial score (nSPS) is 15.0. The van der Waals surface area contributed by atoms with Crippen LogP contribution in [0.15, 0.2) is 30.6 Å². The molecule has 10 heteroatoms. The summed E-state index contributed by atoms with van der Waals surface area (Å²) in [7, 11) is 3.75. The maximum Gasteiger partial charge on any atom is 0.391 e. The van der Waals surface area contributed by atoms with E-state index in [0.29, 0.717) is 23.7 Å². The summed E-state index contributed by atoms with van der Waals surface area (Å²) < 4.78 is 43.9. The van der Waals surface area contributed by atoms with Crippen molar-refractivity contribution < 1.29 is 22.7 Å². The lowest BCUT2D eigenvalue weighted by Crippen LogP contribution is -2.39. The first-order valence-corrected chi connectivity index (χ1v) is 9.56. The fourth-order valence-corrected chi connectivity index (χ4v) is 3.32. The number of nitrogens with one attached hydrogen (secondary N) is 1. The molecule has 0 radical (unpaired) electrons. The first-order valence-electron chi connectivity index (χ1n) is 9.56. The summed E-state index contributed by atoms with van der Waals surface area (Å²) in [5.74, 6) is -0.281. The molecule has 1 aromatic heterocycles. The molecule has 0 amide bonds. The monoisotopic (exact) mass is 423 g/mol. The molecule has 0 bridgehead atoms. The van der Waals surface area contributed by atoms with Gasteiger partial charge in [0.05, 0.1) is 29.7 Å². The smallest absolute Gasteiger partial charge is 0.391 e. The van der Waals surface area contributed by atoms with E-state index in [1.807, 2.05) is 31.1 Å². The summed E-state index contributed by atoms with van der Waals surface area (Å²) in [5, 5.41) is 3.16. The van der Waals surface area contributed by atoms with E-state index in [9.17, 15) is 18.0 Å². The Labute approximate surface area is 172 Å². The number of halogens is 3. The Bertz CT molecular complexity index is 851. The second kappa shape index (κ2) is 9.19. The first kappa shape index (κ1) is 21.7. The largest absolute Gasteiger partial charge is 0.484 e. The zero-order valence-corrected chi connectivity index (χ0v) is 16.8. The fourth-order valence-electron chi connectivity index (χ4n) is 3.32. The lowest BCUT2D eigenvalue weighted by molar-refractivity contribution is -0.179. The Kier molecular flexibility index (Phi) is 6.63. The minimum absolute atomic E-state index is 0.0485. The maximum absolute atomic E-state index is 12.8. The van der Waals surface area contributed by atoms with Crippen LogP contribution in [0.4, 0.5) is 36.2 Å². The molecule has 0 saturated carbocycles. The van der Waals surface area contributed by atoms with Gasteiger partial charge in [-0.3, -0.25) is 4.79 Å². The molecule has 1 N–H and O–H groups in total. The van der Waals surface area contributed by atoms with E-state index < -0.39 is 12.1 Å². The van der Waals surface area contributed by atoms with E-state index in [1.54, 1.807) is 23.4 Å². The van der Waals surface area contributed by atoms with E-state index in [0.717, 1.165) is 11.4 Å². The first-order chi connectivity index (χ1) is 14.3. The van der Waals surface area contributed by atoms with Gasteiger partial charge >= 0.3 is 6.18 Å². The molecular formula is C20H24F3N5O2. The second-order valence-corrected chi connectivity index (χ2v) is 7.25. The third-order valence-corrected chi connectivity index (χ3v) is 4.92. The number of hydrogen-bond donors (Lipinski definition) is 1. The SMILES string of the molecule is CN(C)c1ccc(Nc2cnc(N3CCC(C(F)(F)F)CC3)nc2)cc1OCC=O. The zero-order valence-electron chi connectivity index (χ0n) is 16.8. The van der Waals surface area contributed by atoms with Crippen molar-refractivity contribution in [1.29, 1.82) is 0 Å². The predicted molar refractivity (Wildman–Crippen MR) is 109 cm³/mol. The molecule has 2 aromatic rings. The van der Waals surface area contributed by atoms with Gasteiger partial charge in [0.15, 0.2) is 6.29 Å². The third-order valence-electron chi connectivity index (χ3n) is 4.92. The number of aromatic nitrogens is 2.